The lowest BCUT2D eigenvalue weighted by Crippen LogP contribution is -2.31. The van der Waals surface area contributed by atoms with Gasteiger partial charge in [0.05, 0.1) is 5.69 Å². The van der Waals surface area contributed by atoms with Crippen molar-refractivity contribution >= 4 is 17.4 Å². The molecule has 0 saturated carbocycles. The van der Waals surface area contributed by atoms with E-state index in [4.69, 9.17) is 5.73 Å². The summed E-state index contributed by atoms with van der Waals surface area (Å²) in [5.41, 5.74) is 7.43. The number of hydrogen-bond donors (Lipinski definition) is 2. The van der Waals surface area contributed by atoms with Crippen LogP contribution in [-0.4, -0.2) is 35.4 Å². The number of likely N-dealkylation sites (N-methyl/N-ethyl adjacent to an activating group) is 1. The fraction of sp³-hybridized carbons (Fsp3) is 0.455. The number of nitrogen functional groups attached to an aromatic ring is 1. The molecular weight excluding hydrogens is 204 g/mol. The van der Waals surface area contributed by atoms with E-state index in [1.54, 1.807) is 18.1 Å². The van der Waals surface area contributed by atoms with Crippen molar-refractivity contribution in [3.63, 3.8) is 0 Å². The lowest BCUT2D eigenvalue weighted by molar-refractivity contribution is -0.127. The van der Waals surface area contributed by atoms with Crippen molar-refractivity contribution in [2.24, 2.45) is 0 Å². The zero-order valence-electron chi connectivity index (χ0n) is 9.53. The van der Waals surface area contributed by atoms with E-state index in [1.807, 2.05) is 13.0 Å². The molecule has 0 bridgehead atoms. The number of aryl methyl sites for hydroxylation is 1. The first-order valence-electron chi connectivity index (χ1n) is 5.31. The second-order valence-corrected chi connectivity index (χ2v) is 4.20. The second-order valence-electron chi connectivity index (χ2n) is 4.20. The lowest BCUT2D eigenvalue weighted by Gasteiger charge is -2.14. The summed E-state index contributed by atoms with van der Waals surface area (Å²) in [6, 6.07) is 1.65. The summed E-state index contributed by atoms with van der Waals surface area (Å²) in [5.74, 6) is 0.695. The Kier molecular flexibility index (Phi) is 2.68. The molecule has 2 heterocycles. The Labute approximate surface area is 94.6 Å². The number of nitrogens with two attached hydrogens (primary N) is 1. The molecule has 1 fully saturated rings. The van der Waals surface area contributed by atoms with Crippen LogP contribution in [0, 0.1) is 6.92 Å². The minimum Gasteiger partial charge on any atom is -0.396 e. The summed E-state index contributed by atoms with van der Waals surface area (Å²) in [6.45, 7) is 2.71. The topological polar surface area (TPSA) is 71.2 Å². The maximum absolute atomic E-state index is 11.7. The van der Waals surface area contributed by atoms with Gasteiger partial charge in [0.1, 0.15) is 11.9 Å². The zero-order valence-corrected chi connectivity index (χ0v) is 9.53. The smallest absolute Gasteiger partial charge is 0.244 e. The summed E-state index contributed by atoms with van der Waals surface area (Å²) in [4.78, 5) is 17.6. The molecule has 0 spiro atoms. The number of likely N-dealkylation sites (tertiary alicyclic amines) is 1. The van der Waals surface area contributed by atoms with Crippen molar-refractivity contribution in [2.75, 3.05) is 24.6 Å². The number of hydrogen-bond acceptors (Lipinski definition) is 4. The Morgan fingerprint density at radius 2 is 2.38 bits per heavy atom. The van der Waals surface area contributed by atoms with Crippen molar-refractivity contribution in [3.8, 4) is 0 Å². The molecule has 1 aromatic heterocycles. The first-order valence-corrected chi connectivity index (χ1v) is 5.31. The molecule has 1 aromatic rings. The third kappa shape index (κ3) is 1.93. The third-order valence-corrected chi connectivity index (χ3v) is 2.79. The summed E-state index contributed by atoms with van der Waals surface area (Å²) in [7, 11) is 1.80. The van der Waals surface area contributed by atoms with Crippen molar-refractivity contribution in [3.05, 3.63) is 17.8 Å². The van der Waals surface area contributed by atoms with Gasteiger partial charge in [-0.3, -0.25) is 4.79 Å². The van der Waals surface area contributed by atoms with Gasteiger partial charge in [0.15, 0.2) is 0 Å². The van der Waals surface area contributed by atoms with Gasteiger partial charge in [0.2, 0.25) is 5.91 Å². The molecule has 5 heteroatoms. The quantitative estimate of drug-likeness (QED) is 0.766. The van der Waals surface area contributed by atoms with Crippen LogP contribution in [0.25, 0.3) is 0 Å². The van der Waals surface area contributed by atoms with Gasteiger partial charge in [-0.05, 0) is 25.0 Å². The van der Waals surface area contributed by atoms with Crippen LogP contribution < -0.4 is 11.1 Å². The van der Waals surface area contributed by atoms with Gasteiger partial charge < -0.3 is 16.0 Å². The van der Waals surface area contributed by atoms with Gasteiger partial charge in [0.25, 0.3) is 0 Å². The van der Waals surface area contributed by atoms with Gasteiger partial charge in [0, 0.05) is 19.8 Å². The van der Waals surface area contributed by atoms with E-state index in [1.165, 1.54) is 0 Å². The van der Waals surface area contributed by atoms with Gasteiger partial charge in [-0.2, -0.15) is 0 Å². The van der Waals surface area contributed by atoms with Gasteiger partial charge >= 0.3 is 0 Å². The fourth-order valence-corrected chi connectivity index (χ4v) is 1.83. The standard InChI is InChI=1S/C11H16N4O/c1-7-5-8(12)10(13-6-7)14-9-3-4-15(2)11(9)16/h5-6,9H,3-4,12H2,1-2H3,(H,13,14). The molecule has 1 atom stereocenters. The summed E-state index contributed by atoms with van der Waals surface area (Å²) < 4.78 is 0. The van der Waals surface area contributed by atoms with Gasteiger partial charge in [-0.1, -0.05) is 0 Å². The van der Waals surface area contributed by atoms with Crippen LogP contribution in [0.2, 0.25) is 0 Å². The van der Waals surface area contributed by atoms with E-state index in [0.717, 1.165) is 18.5 Å². The molecule has 1 unspecified atom stereocenters. The highest BCUT2D eigenvalue weighted by atomic mass is 16.2. The Bertz CT molecular complexity index is 418. The van der Waals surface area contributed by atoms with Crippen LogP contribution in [-0.2, 0) is 4.79 Å². The summed E-state index contributed by atoms with van der Waals surface area (Å²) in [5, 5.41) is 3.09. The molecule has 2 rings (SSSR count). The molecular formula is C11H16N4O. The molecule has 16 heavy (non-hydrogen) atoms. The first-order chi connectivity index (χ1) is 7.58. The number of nitrogens with zero attached hydrogens (tertiary/aromatic N) is 2. The van der Waals surface area contributed by atoms with Crippen LogP contribution in [0.5, 0.6) is 0 Å². The Morgan fingerprint density at radius 1 is 1.62 bits per heavy atom. The maximum Gasteiger partial charge on any atom is 0.244 e. The SMILES string of the molecule is Cc1cnc(NC2CCN(C)C2=O)c(N)c1. The monoisotopic (exact) mass is 220 g/mol. The lowest BCUT2D eigenvalue weighted by atomic mass is 10.2. The number of carbonyl (C=O) groups excluding carboxylic acids is 1. The number of rotatable bonds is 2. The molecule has 1 saturated heterocycles. The van der Waals surface area contributed by atoms with Gasteiger partial charge in [-0.25, -0.2) is 4.98 Å². The van der Waals surface area contributed by atoms with Crippen LogP contribution in [0.1, 0.15) is 12.0 Å². The van der Waals surface area contributed by atoms with E-state index >= 15 is 0 Å². The van der Waals surface area contributed by atoms with E-state index in [0.29, 0.717) is 11.5 Å². The van der Waals surface area contributed by atoms with Crippen LogP contribution in [0.15, 0.2) is 12.3 Å². The molecule has 0 radical (unpaired) electrons. The first kappa shape index (κ1) is 10.7. The Morgan fingerprint density at radius 3 is 2.94 bits per heavy atom. The molecule has 0 aliphatic carbocycles. The van der Waals surface area contributed by atoms with E-state index in [2.05, 4.69) is 10.3 Å². The zero-order chi connectivity index (χ0) is 11.7. The minimum atomic E-state index is -0.192. The number of nitrogens with one attached hydrogen (secondary N) is 1. The normalized spacial score (nSPS) is 20.2. The molecule has 3 N–H and O–H groups in total. The minimum absolute atomic E-state index is 0.0989. The third-order valence-electron chi connectivity index (χ3n) is 2.79. The highest BCUT2D eigenvalue weighted by molar-refractivity contribution is 5.87. The van der Waals surface area contributed by atoms with Crippen LogP contribution in [0.4, 0.5) is 11.5 Å². The largest absolute Gasteiger partial charge is 0.396 e. The maximum atomic E-state index is 11.7. The summed E-state index contributed by atoms with van der Waals surface area (Å²) >= 11 is 0. The highest BCUT2D eigenvalue weighted by Gasteiger charge is 2.29. The molecule has 5 nitrogen and oxygen atoms in total. The fourth-order valence-electron chi connectivity index (χ4n) is 1.83. The Balaban J connectivity index is 2.12. The molecule has 1 aliphatic heterocycles. The van der Waals surface area contributed by atoms with Gasteiger partial charge in [-0.15, -0.1) is 0 Å². The number of pyridine rings is 1. The van der Waals surface area contributed by atoms with Crippen molar-refractivity contribution in [1.29, 1.82) is 0 Å². The van der Waals surface area contributed by atoms with Crippen LogP contribution in [0.3, 0.4) is 0 Å². The average Bonchev–Trinajstić information content (AvgIpc) is 2.54. The second kappa shape index (κ2) is 4.00. The summed E-state index contributed by atoms with van der Waals surface area (Å²) in [6.07, 6.45) is 2.53. The predicted octanol–water partition coefficient (Wildman–Crippen LogP) is 0.615. The molecule has 86 valence electrons. The Hall–Kier alpha value is -1.78. The number of amides is 1. The molecule has 1 aliphatic rings. The molecule has 0 aromatic carbocycles. The number of aromatic nitrogens is 1. The van der Waals surface area contributed by atoms with Crippen LogP contribution >= 0.6 is 0 Å². The average molecular weight is 220 g/mol. The van der Waals surface area contributed by atoms with Crippen molar-refractivity contribution in [1.82, 2.24) is 9.88 Å². The van der Waals surface area contributed by atoms with Crippen molar-refractivity contribution < 1.29 is 4.79 Å². The van der Waals surface area contributed by atoms with E-state index in [-0.39, 0.29) is 11.9 Å². The number of anilines is 2. The number of carbonyl (C=O) groups is 1. The predicted molar refractivity (Wildman–Crippen MR) is 63.1 cm³/mol. The van der Waals surface area contributed by atoms with E-state index < -0.39 is 0 Å². The van der Waals surface area contributed by atoms with Crippen molar-refractivity contribution in [2.45, 2.75) is 19.4 Å². The highest BCUT2D eigenvalue weighted by Crippen LogP contribution is 2.20. The van der Waals surface area contributed by atoms with E-state index in [9.17, 15) is 4.79 Å². The molecule has 1 amide bonds.